The molecule has 8 heteroatoms. The van der Waals surface area contributed by atoms with Crippen molar-refractivity contribution >= 4 is 27.0 Å². The average molecular weight is 486 g/mol. The molecule has 0 spiro atoms. The highest BCUT2D eigenvalue weighted by molar-refractivity contribution is 7.89. The van der Waals surface area contributed by atoms with Gasteiger partial charge in [-0.25, -0.2) is 13.1 Å². The van der Waals surface area contributed by atoms with Gasteiger partial charge >= 0.3 is 0 Å². The summed E-state index contributed by atoms with van der Waals surface area (Å²) in [7, 11) is -1.93. The summed E-state index contributed by atoms with van der Waals surface area (Å²) in [6.45, 7) is 7.38. The highest BCUT2D eigenvalue weighted by Crippen LogP contribution is 2.31. The third kappa shape index (κ3) is 5.58. The quantitative estimate of drug-likeness (QED) is 0.516. The third-order valence-corrected chi connectivity index (χ3v) is 8.64. The summed E-state index contributed by atoms with van der Waals surface area (Å²) in [5.74, 6) is 0.852. The van der Waals surface area contributed by atoms with E-state index in [1.807, 2.05) is 44.2 Å². The van der Waals surface area contributed by atoms with Crippen molar-refractivity contribution in [1.82, 2.24) is 9.62 Å². The van der Waals surface area contributed by atoms with Crippen LogP contribution in [0.3, 0.4) is 0 Å². The smallest absolute Gasteiger partial charge is 0.240 e. The zero-order valence-corrected chi connectivity index (χ0v) is 20.9. The van der Waals surface area contributed by atoms with Crippen molar-refractivity contribution in [2.45, 2.75) is 30.8 Å². The molecule has 4 rings (SSSR count). The third-order valence-electron chi connectivity index (χ3n) is 6.13. The van der Waals surface area contributed by atoms with Gasteiger partial charge in [0.1, 0.15) is 5.75 Å². The minimum absolute atomic E-state index is 0.0248. The number of hydrogen-bond acceptors (Lipinski definition) is 6. The van der Waals surface area contributed by atoms with E-state index in [0.29, 0.717) is 4.90 Å². The van der Waals surface area contributed by atoms with Crippen molar-refractivity contribution in [1.29, 1.82) is 0 Å². The Balaban J connectivity index is 1.48. The van der Waals surface area contributed by atoms with E-state index in [-0.39, 0.29) is 12.1 Å². The molecule has 2 aromatic carbocycles. The summed E-state index contributed by atoms with van der Waals surface area (Å²) < 4.78 is 34.3. The number of hydrogen-bond donors (Lipinski definition) is 1. The summed E-state index contributed by atoms with van der Waals surface area (Å²) in [5, 5.41) is 2.05. The Bertz CT molecular complexity index is 1120. The van der Waals surface area contributed by atoms with Gasteiger partial charge in [0.25, 0.3) is 0 Å². The summed E-state index contributed by atoms with van der Waals surface area (Å²) >= 11 is 1.67. The summed E-state index contributed by atoms with van der Waals surface area (Å²) in [4.78, 5) is 6.23. The highest BCUT2D eigenvalue weighted by atomic mass is 32.2. The van der Waals surface area contributed by atoms with E-state index in [4.69, 9.17) is 4.74 Å². The highest BCUT2D eigenvalue weighted by Gasteiger charge is 2.32. The fraction of sp³-hybridized carbons (Fsp3) is 0.360. The topological polar surface area (TPSA) is 61.9 Å². The largest absolute Gasteiger partial charge is 0.497 e. The first-order valence-corrected chi connectivity index (χ1v) is 13.5. The van der Waals surface area contributed by atoms with E-state index < -0.39 is 10.0 Å². The summed E-state index contributed by atoms with van der Waals surface area (Å²) in [6.07, 6.45) is 0. The van der Waals surface area contributed by atoms with Gasteiger partial charge in [0.05, 0.1) is 18.0 Å². The Morgan fingerprint density at radius 2 is 1.64 bits per heavy atom. The maximum Gasteiger partial charge on any atom is 0.240 e. The molecular weight excluding hydrogens is 454 g/mol. The average Bonchev–Trinajstić information content (AvgIpc) is 3.34. The fourth-order valence-electron chi connectivity index (χ4n) is 4.35. The Morgan fingerprint density at radius 1 is 0.970 bits per heavy atom. The molecule has 0 radical (unpaired) electrons. The van der Waals surface area contributed by atoms with Crippen molar-refractivity contribution < 1.29 is 13.2 Å². The molecule has 0 amide bonds. The van der Waals surface area contributed by atoms with Gasteiger partial charge in [0, 0.05) is 42.8 Å². The van der Waals surface area contributed by atoms with Crippen LogP contribution in [-0.2, 0) is 10.0 Å². The van der Waals surface area contributed by atoms with Crippen molar-refractivity contribution in [3.63, 3.8) is 0 Å². The van der Waals surface area contributed by atoms with Gasteiger partial charge in [0.2, 0.25) is 10.0 Å². The van der Waals surface area contributed by atoms with Crippen LogP contribution in [-0.4, -0.2) is 52.6 Å². The zero-order chi connectivity index (χ0) is 23.4. The summed E-state index contributed by atoms with van der Waals surface area (Å²) in [6, 6.07) is 19.0. The van der Waals surface area contributed by atoms with Crippen molar-refractivity contribution in [2.24, 2.45) is 0 Å². The van der Waals surface area contributed by atoms with Crippen LogP contribution in [0.15, 0.2) is 70.9 Å². The molecule has 1 aliphatic rings. The molecule has 0 unspecified atom stereocenters. The first kappa shape index (κ1) is 23.8. The zero-order valence-electron chi connectivity index (χ0n) is 19.3. The molecule has 1 N–H and O–H groups in total. The van der Waals surface area contributed by atoms with Gasteiger partial charge in [0.15, 0.2) is 0 Å². The van der Waals surface area contributed by atoms with E-state index in [1.165, 1.54) is 10.6 Å². The van der Waals surface area contributed by atoms with Crippen molar-refractivity contribution in [2.75, 3.05) is 38.2 Å². The van der Waals surface area contributed by atoms with Crippen LogP contribution in [0.5, 0.6) is 5.75 Å². The molecule has 1 saturated heterocycles. The van der Waals surface area contributed by atoms with Crippen LogP contribution in [0.25, 0.3) is 0 Å². The molecule has 0 saturated carbocycles. The van der Waals surface area contributed by atoms with Gasteiger partial charge in [-0.2, -0.15) is 0 Å². The Hall–Kier alpha value is -2.39. The minimum atomic E-state index is -3.61. The molecule has 1 fully saturated rings. The summed E-state index contributed by atoms with van der Waals surface area (Å²) in [5.41, 5.74) is 2.21. The minimum Gasteiger partial charge on any atom is -0.497 e. The van der Waals surface area contributed by atoms with E-state index in [0.717, 1.165) is 37.5 Å². The second-order valence-corrected chi connectivity index (χ2v) is 11.1. The van der Waals surface area contributed by atoms with Gasteiger partial charge in [-0.15, -0.1) is 11.3 Å². The fourth-order valence-corrected chi connectivity index (χ4v) is 6.56. The Kier molecular flexibility index (Phi) is 7.38. The van der Waals surface area contributed by atoms with Crippen molar-refractivity contribution in [3.8, 4) is 5.75 Å². The number of anilines is 1. The van der Waals surface area contributed by atoms with E-state index in [2.05, 4.69) is 38.1 Å². The molecule has 1 aromatic heterocycles. The van der Waals surface area contributed by atoms with Crippen LogP contribution < -0.4 is 14.4 Å². The Labute approximate surface area is 200 Å². The second kappa shape index (κ2) is 10.3. The molecule has 3 aromatic rings. The number of thiophene rings is 1. The molecule has 0 aliphatic carbocycles. The number of rotatable bonds is 8. The van der Waals surface area contributed by atoms with Crippen LogP contribution >= 0.6 is 11.3 Å². The van der Waals surface area contributed by atoms with Gasteiger partial charge in [-0.05, 0) is 61.7 Å². The molecule has 33 heavy (non-hydrogen) atoms. The number of ether oxygens (including phenoxy) is 1. The lowest BCUT2D eigenvalue weighted by Crippen LogP contribution is -2.52. The molecule has 1 aliphatic heterocycles. The first-order valence-electron chi connectivity index (χ1n) is 11.1. The normalized spacial score (nSPS) is 17.0. The SMILES string of the molecule is COc1ccc(N2CCN([C@@H](c3cccs3)[C@H](C)NS(=O)(=O)c3ccc(C)cc3)CC2)cc1. The van der Waals surface area contributed by atoms with Gasteiger partial charge in [-0.1, -0.05) is 23.8 Å². The molecule has 2 heterocycles. The number of benzene rings is 2. The molecule has 6 nitrogen and oxygen atoms in total. The number of methoxy groups -OCH3 is 1. The van der Waals surface area contributed by atoms with E-state index in [9.17, 15) is 8.42 Å². The number of piperazine rings is 1. The monoisotopic (exact) mass is 485 g/mol. The van der Waals surface area contributed by atoms with Gasteiger partial charge in [-0.3, -0.25) is 4.90 Å². The van der Waals surface area contributed by atoms with Crippen LogP contribution in [0.2, 0.25) is 0 Å². The lowest BCUT2D eigenvalue weighted by molar-refractivity contribution is 0.164. The lowest BCUT2D eigenvalue weighted by Gasteiger charge is -2.42. The van der Waals surface area contributed by atoms with Crippen LogP contribution in [0.1, 0.15) is 23.4 Å². The Morgan fingerprint density at radius 3 is 2.21 bits per heavy atom. The number of nitrogens with zero attached hydrogens (tertiary/aromatic N) is 2. The van der Waals surface area contributed by atoms with Crippen molar-refractivity contribution in [3.05, 3.63) is 76.5 Å². The maximum absolute atomic E-state index is 13.1. The lowest BCUT2D eigenvalue weighted by atomic mass is 10.1. The van der Waals surface area contributed by atoms with Crippen LogP contribution in [0.4, 0.5) is 5.69 Å². The molecule has 0 bridgehead atoms. The molecule has 176 valence electrons. The number of nitrogens with one attached hydrogen (secondary N) is 1. The predicted octanol–water partition coefficient (Wildman–Crippen LogP) is 4.30. The maximum atomic E-state index is 13.1. The number of sulfonamides is 1. The molecular formula is C25H31N3O3S2. The number of aryl methyl sites for hydroxylation is 1. The van der Waals surface area contributed by atoms with Crippen LogP contribution in [0, 0.1) is 6.92 Å². The standard InChI is InChI=1S/C25H31N3O3S2/c1-19-6-12-23(13-7-19)33(29,30)26-20(2)25(24-5-4-18-32-24)28-16-14-27(15-17-28)21-8-10-22(31-3)11-9-21/h4-13,18,20,25-26H,14-17H2,1-3H3/t20-,25+/m0/s1. The van der Waals surface area contributed by atoms with Gasteiger partial charge < -0.3 is 9.64 Å². The molecule has 2 atom stereocenters. The van der Waals surface area contributed by atoms with E-state index in [1.54, 1.807) is 30.6 Å². The van der Waals surface area contributed by atoms with E-state index >= 15 is 0 Å². The predicted molar refractivity (Wildman–Crippen MR) is 135 cm³/mol. The second-order valence-electron chi connectivity index (χ2n) is 8.40. The first-order chi connectivity index (χ1) is 15.9.